The van der Waals surface area contributed by atoms with E-state index in [2.05, 4.69) is 27.1 Å². The van der Waals surface area contributed by atoms with Crippen LogP contribution in [0.4, 0.5) is 11.6 Å². The SMILES string of the molecule is C[C@@H]1COC[C@H]2COc3c(nc(-c4c(NC5COC5)ncc5[nH]ccc45)nc3C(C)(C)S(C)(=O)=O)N21. The molecule has 0 radical (unpaired) electrons. The van der Waals surface area contributed by atoms with E-state index >= 15 is 0 Å². The Bertz CT molecular complexity index is 1430. The van der Waals surface area contributed by atoms with Crippen LogP contribution in [0, 0.1) is 0 Å². The van der Waals surface area contributed by atoms with E-state index in [-0.39, 0.29) is 18.1 Å². The molecule has 12 heteroatoms. The summed E-state index contributed by atoms with van der Waals surface area (Å²) in [6.45, 7) is 7.99. The van der Waals surface area contributed by atoms with Gasteiger partial charge in [0.15, 0.2) is 27.2 Å². The lowest BCUT2D eigenvalue weighted by Gasteiger charge is -2.45. The third-order valence-corrected chi connectivity index (χ3v) is 9.40. The molecule has 0 aliphatic carbocycles. The maximum atomic E-state index is 13.0. The molecule has 36 heavy (non-hydrogen) atoms. The monoisotopic (exact) mass is 514 g/mol. The van der Waals surface area contributed by atoms with Crippen LogP contribution in [0.2, 0.25) is 0 Å². The van der Waals surface area contributed by atoms with Crippen LogP contribution >= 0.6 is 0 Å². The highest BCUT2D eigenvalue weighted by Crippen LogP contribution is 2.45. The van der Waals surface area contributed by atoms with Gasteiger partial charge < -0.3 is 29.4 Å². The molecule has 3 aliphatic heterocycles. The fourth-order valence-electron chi connectivity index (χ4n) is 4.90. The van der Waals surface area contributed by atoms with Gasteiger partial charge in [0.25, 0.3) is 0 Å². The van der Waals surface area contributed by atoms with E-state index in [1.807, 2.05) is 12.3 Å². The summed E-state index contributed by atoms with van der Waals surface area (Å²) in [5, 5.41) is 4.34. The molecule has 0 bridgehead atoms. The molecule has 192 valence electrons. The Morgan fingerprint density at radius 1 is 1.14 bits per heavy atom. The molecule has 0 aromatic carbocycles. The Kier molecular flexibility index (Phi) is 5.39. The number of pyridine rings is 1. The molecule has 2 atom stereocenters. The molecule has 0 unspecified atom stereocenters. The third-order valence-electron chi connectivity index (χ3n) is 7.36. The molecule has 0 amide bonds. The van der Waals surface area contributed by atoms with Gasteiger partial charge in [0.1, 0.15) is 22.9 Å². The number of morpholine rings is 1. The molecule has 2 N–H and O–H groups in total. The molecule has 2 saturated heterocycles. The van der Waals surface area contributed by atoms with Crippen LogP contribution in [0.5, 0.6) is 5.75 Å². The van der Waals surface area contributed by atoms with Crippen molar-refractivity contribution >= 4 is 32.4 Å². The van der Waals surface area contributed by atoms with E-state index in [0.29, 0.717) is 67.5 Å². The van der Waals surface area contributed by atoms with Crippen molar-refractivity contribution in [3.8, 4) is 17.1 Å². The highest BCUT2D eigenvalue weighted by molar-refractivity contribution is 7.91. The standard InChI is InChI=1S/C24H30N6O5S/c1-13-8-33-11-15-12-35-19-20(24(2,3)36(4,31)32)28-22(29-23(19)30(13)15)18-16-5-6-25-17(16)7-26-21(18)27-14-9-34-10-14/h5-7,13-15,25H,8-12H2,1-4H3,(H,26,27)/t13-,15+/m1/s1. The van der Waals surface area contributed by atoms with Gasteiger partial charge >= 0.3 is 0 Å². The van der Waals surface area contributed by atoms with Gasteiger partial charge in [0.2, 0.25) is 0 Å². The number of nitrogens with zero attached hydrogens (tertiary/aromatic N) is 4. The maximum absolute atomic E-state index is 13.0. The summed E-state index contributed by atoms with van der Waals surface area (Å²) >= 11 is 0. The van der Waals surface area contributed by atoms with Gasteiger partial charge in [0, 0.05) is 17.8 Å². The first-order valence-corrected chi connectivity index (χ1v) is 14.0. The smallest absolute Gasteiger partial charge is 0.185 e. The van der Waals surface area contributed by atoms with Gasteiger partial charge in [0.05, 0.1) is 61.8 Å². The average molecular weight is 515 g/mol. The lowest BCUT2D eigenvalue weighted by Crippen LogP contribution is -2.56. The summed E-state index contributed by atoms with van der Waals surface area (Å²) in [5.74, 6) is 2.02. The highest BCUT2D eigenvalue weighted by atomic mass is 32.2. The van der Waals surface area contributed by atoms with Gasteiger partial charge in [-0.2, -0.15) is 0 Å². The molecule has 3 aromatic rings. The number of aromatic nitrogens is 4. The predicted molar refractivity (Wildman–Crippen MR) is 135 cm³/mol. The number of aromatic amines is 1. The molecular weight excluding hydrogens is 484 g/mol. The molecule has 6 rings (SSSR count). The summed E-state index contributed by atoms with van der Waals surface area (Å²) in [7, 11) is -3.55. The summed E-state index contributed by atoms with van der Waals surface area (Å²) in [6.07, 6.45) is 4.83. The van der Waals surface area contributed by atoms with Crippen molar-refractivity contribution in [2.75, 3.05) is 49.5 Å². The lowest BCUT2D eigenvalue weighted by atomic mass is 10.0. The van der Waals surface area contributed by atoms with Crippen LogP contribution in [0.1, 0.15) is 26.5 Å². The summed E-state index contributed by atoms with van der Waals surface area (Å²) < 4.78 is 41.9. The van der Waals surface area contributed by atoms with Crippen LogP contribution in [-0.2, 0) is 24.1 Å². The van der Waals surface area contributed by atoms with Crippen molar-refractivity contribution in [3.63, 3.8) is 0 Å². The molecule has 3 aliphatic rings. The van der Waals surface area contributed by atoms with Crippen molar-refractivity contribution in [3.05, 3.63) is 24.2 Å². The van der Waals surface area contributed by atoms with Crippen LogP contribution in [0.3, 0.4) is 0 Å². The number of ether oxygens (including phenoxy) is 3. The zero-order valence-electron chi connectivity index (χ0n) is 20.7. The van der Waals surface area contributed by atoms with Gasteiger partial charge in [-0.3, -0.25) is 0 Å². The summed E-state index contributed by atoms with van der Waals surface area (Å²) in [6, 6.07) is 2.10. The van der Waals surface area contributed by atoms with E-state index < -0.39 is 14.6 Å². The second-order valence-corrected chi connectivity index (χ2v) is 12.8. The predicted octanol–water partition coefficient (Wildman–Crippen LogP) is 2.10. The van der Waals surface area contributed by atoms with Crippen molar-refractivity contribution in [1.29, 1.82) is 0 Å². The van der Waals surface area contributed by atoms with Crippen molar-refractivity contribution in [2.45, 2.75) is 43.6 Å². The molecule has 0 saturated carbocycles. The molecule has 6 heterocycles. The molecular formula is C24H30N6O5S. The molecule has 0 spiro atoms. The first kappa shape index (κ1) is 23.4. The third kappa shape index (κ3) is 3.61. The van der Waals surface area contributed by atoms with E-state index in [0.717, 1.165) is 10.9 Å². The van der Waals surface area contributed by atoms with Crippen molar-refractivity contribution < 1.29 is 22.6 Å². The highest BCUT2D eigenvalue weighted by Gasteiger charge is 2.44. The Balaban J connectivity index is 1.62. The normalized spacial score (nSPS) is 22.5. The summed E-state index contributed by atoms with van der Waals surface area (Å²) in [5.41, 5.74) is 1.88. The van der Waals surface area contributed by atoms with E-state index in [1.54, 1.807) is 20.0 Å². The quantitative estimate of drug-likeness (QED) is 0.522. The minimum absolute atomic E-state index is 0.0240. The topological polar surface area (TPSA) is 132 Å². The van der Waals surface area contributed by atoms with Crippen LogP contribution in [0.15, 0.2) is 18.5 Å². The van der Waals surface area contributed by atoms with Crippen LogP contribution < -0.4 is 15.0 Å². The zero-order chi connectivity index (χ0) is 25.2. The Morgan fingerprint density at radius 3 is 2.64 bits per heavy atom. The van der Waals surface area contributed by atoms with E-state index in [9.17, 15) is 8.42 Å². The molecule has 3 aromatic heterocycles. The number of anilines is 2. The number of H-pyrrole nitrogens is 1. The average Bonchev–Trinajstić information content (AvgIpc) is 3.28. The van der Waals surface area contributed by atoms with E-state index in [1.165, 1.54) is 6.26 Å². The number of hydrogen-bond acceptors (Lipinski definition) is 10. The second-order valence-electron chi connectivity index (χ2n) is 10.3. The number of sulfone groups is 1. The molecule has 11 nitrogen and oxygen atoms in total. The van der Waals surface area contributed by atoms with Gasteiger partial charge in [-0.1, -0.05) is 0 Å². The Morgan fingerprint density at radius 2 is 1.92 bits per heavy atom. The zero-order valence-corrected chi connectivity index (χ0v) is 21.6. The Labute approximate surface area is 209 Å². The van der Waals surface area contributed by atoms with Crippen LogP contribution in [0.25, 0.3) is 22.3 Å². The first-order valence-electron chi connectivity index (χ1n) is 12.1. The second kappa shape index (κ2) is 8.29. The number of rotatable bonds is 5. The fraction of sp³-hybridized carbons (Fsp3) is 0.542. The number of nitrogens with one attached hydrogen (secondary N) is 2. The van der Waals surface area contributed by atoms with Gasteiger partial charge in [-0.25, -0.2) is 23.4 Å². The van der Waals surface area contributed by atoms with Crippen molar-refractivity contribution in [1.82, 2.24) is 19.9 Å². The maximum Gasteiger partial charge on any atom is 0.185 e. The Hall–Kier alpha value is -2.96. The minimum Gasteiger partial charge on any atom is -0.486 e. The first-order chi connectivity index (χ1) is 17.1. The fourth-order valence-corrected chi connectivity index (χ4v) is 5.39. The number of fused-ring (bicyclic) bond motifs is 4. The number of hydrogen-bond donors (Lipinski definition) is 2. The minimum atomic E-state index is -3.55. The molecule has 2 fully saturated rings. The lowest BCUT2D eigenvalue weighted by molar-refractivity contribution is 0.0210. The van der Waals surface area contributed by atoms with E-state index in [4.69, 9.17) is 24.2 Å². The summed E-state index contributed by atoms with van der Waals surface area (Å²) in [4.78, 5) is 20.0. The van der Waals surface area contributed by atoms with Crippen LogP contribution in [-0.4, -0.2) is 85.8 Å². The van der Waals surface area contributed by atoms with Crippen molar-refractivity contribution in [2.24, 2.45) is 0 Å². The van der Waals surface area contributed by atoms with Gasteiger partial charge in [-0.15, -0.1) is 0 Å². The largest absolute Gasteiger partial charge is 0.486 e. The van der Waals surface area contributed by atoms with Gasteiger partial charge in [-0.05, 0) is 26.8 Å².